The van der Waals surface area contributed by atoms with E-state index in [4.69, 9.17) is 15.7 Å². The zero-order chi connectivity index (χ0) is 22.7. The fraction of sp³-hybridized carbons (Fsp3) is 0.304. The van der Waals surface area contributed by atoms with Crippen LogP contribution in [0.25, 0.3) is 28.8 Å². The molecule has 1 saturated heterocycles. The molecule has 8 nitrogen and oxygen atoms in total. The molecule has 3 N–H and O–H groups in total. The highest BCUT2D eigenvalue weighted by Gasteiger charge is 2.23. The molecule has 4 rings (SSSR count). The van der Waals surface area contributed by atoms with E-state index >= 15 is 0 Å². The van der Waals surface area contributed by atoms with Crippen LogP contribution in [0.5, 0.6) is 0 Å². The van der Waals surface area contributed by atoms with E-state index in [0.717, 1.165) is 35.6 Å². The van der Waals surface area contributed by atoms with Crippen molar-refractivity contribution < 1.29 is 9.18 Å². The molecule has 0 unspecified atom stereocenters. The summed E-state index contributed by atoms with van der Waals surface area (Å²) in [6.07, 6.45) is 7.11. The quantitative estimate of drug-likeness (QED) is 0.633. The summed E-state index contributed by atoms with van der Waals surface area (Å²) in [5.74, 6) is 1.01. The van der Waals surface area contributed by atoms with Gasteiger partial charge in [-0.15, -0.1) is 0 Å². The van der Waals surface area contributed by atoms with Crippen LogP contribution in [0.1, 0.15) is 25.6 Å². The predicted octanol–water partition coefficient (Wildman–Crippen LogP) is 3.90. The minimum atomic E-state index is -0.386. The lowest BCUT2D eigenvalue weighted by molar-refractivity contribution is 0.193. The first-order valence-electron chi connectivity index (χ1n) is 10.6. The molecule has 3 heterocycles. The normalized spacial score (nSPS) is 14.8. The third-order valence-electron chi connectivity index (χ3n) is 5.54. The maximum Gasteiger partial charge on any atom is 0.314 e. The molecule has 0 saturated carbocycles. The van der Waals surface area contributed by atoms with Crippen LogP contribution < -0.4 is 11.1 Å². The second kappa shape index (κ2) is 9.17. The number of likely N-dealkylation sites (tertiary alicyclic amines) is 1. The van der Waals surface area contributed by atoms with Gasteiger partial charge >= 0.3 is 6.03 Å². The van der Waals surface area contributed by atoms with E-state index < -0.39 is 0 Å². The van der Waals surface area contributed by atoms with Crippen molar-refractivity contribution in [3.63, 3.8) is 0 Å². The van der Waals surface area contributed by atoms with E-state index in [2.05, 4.69) is 10.3 Å². The van der Waals surface area contributed by atoms with Gasteiger partial charge in [-0.25, -0.2) is 24.1 Å². The SMILES string of the molecule is C/C=C\n1c(C)nc(-c2ccc(F)cc2)c1-c1ccnc(NC2CCN(C(N)=O)CC2)n1. The summed E-state index contributed by atoms with van der Waals surface area (Å²) in [5.41, 5.74) is 8.41. The van der Waals surface area contributed by atoms with Crippen molar-refractivity contribution in [3.05, 3.63) is 54.2 Å². The highest BCUT2D eigenvalue weighted by Crippen LogP contribution is 2.32. The van der Waals surface area contributed by atoms with Gasteiger partial charge in [0, 0.05) is 37.1 Å². The number of hydrogen-bond donors (Lipinski definition) is 2. The number of nitrogens with one attached hydrogen (secondary N) is 1. The summed E-state index contributed by atoms with van der Waals surface area (Å²) in [6.45, 7) is 5.07. The van der Waals surface area contributed by atoms with Crippen LogP contribution in [-0.4, -0.2) is 49.6 Å². The zero-order valence-corrected chi connectivity index (χ0v) is 18.1. The Labute approximate surface area is 186 Å². The summed E-state index contributed by atoms with van der Waals surface area (Å²) < 4.78 is 15.4. The van der Waals surface area contributed by atoms with Gasteiger partial charge in [0.25, 0.3) is 0 Å². The van der Waals surface area contributed by atoms with Crippen LogP contribution in [0.2, 0.25) is 0 Å². The number of carbonyl (C=O) groups excluding carboxylic acids is 1. The number of piperidine rings is 1. The first-order chi connectivity index (χ1) is 15.5. The van der Waals surface area contributed by atoms with Gasteiger partial charge in [0.2, 0.25) is 5.95 Å². The number of carbonyl (C=O) groups is 1. The van der Waals surface area contributed by atoms with Crippen LogP contribution >= 0.6 is 0 Å². The topological polar surface area (TPSA) is 102 Å². The number of aryl methyl sites for hydroxylation is 1. The molecule has 0 aliphatic carbocycles. The fourth-order valence-corrected chi connectivity index (χ4v) is 3.92. The number of primary amides is 1. The number of nitrogens with two attached hydrogens (primary N) is 1. The molecule has 3 aromatic rings. The van der Waals surface area contributed by atoms with Crippen molar-refractivity contribution in [2.75, 3.05) is 18.4 Å². The van der Waals surface area contributed by atoms with Gasteiger partial charge < -0.3 is 20.5 Å². The Balaban J connectivity index is 1.66. The molecule has 0 atom stereocenters. The van der Waals surface area contributed by atoms with Crippen LogP contribution in [0.4, 0.5) is 15.1 Å². The molecule has 1 aliphatic rings. The molecular weight excluding hydrogens is 409 g/mol. The zero-order valence-electron chi connectivity index (χ0n) is 18.1. The highest BCUT2D eigenvalue weighted by atomic mass is 19.1. The van der Waals surface area contributed by atoms with Crippen molar-refractivity contribution in [1.82, 2.24) is 24.4 Å². The number of urea groups is 1. The number of allylic oxidation sites excluding steroid dienone is 1. The Hall–Kier alpha value is -3.75. The molecule has 0 radical (unpaired) electrons. The van der Waals surface area contributed by atoms with Crippen molar-refractivity contribution in [2.24, 2.45) is 5.73 Å². The number of benzene rings is 1. The van der Waals surface area contributed by atoms with Gasteiger partial charge in [-0.3, -0.25) is 0 Å². The lowest BCUT2D eigenvalue weighted by Gasteiger charge is -2.31. The van der Waals surface area contributed by atoms with Crippen molar-refractivity contribution in [3.8, 4) is 22.6 Å². The van der Waals surface area contributed by atoms with E-state index in [1.54, 1.807) is 23.2 Å². The summed E-state index contributed by atoms with van der Waals surface area (Å²) in [6, 6.07) is 7.89. The third-order valence-corrected chi connectivity index (χ3v) is 5.54. The van der Waals surface area contributed by atoms with Gasteiger partial charge in [-0.2, -0.15) is 0 Å². The van der Waals surface area contributed by atoms with E-state index in [1.807, 2.05) is 36.8 Å². The van der Waals surface area contributed by atoms with Gasteiger partial charge in [-0.05, 0) is 57.0 Å². The number of amides is 2. The second-order valence-electron chi connectivity index (χ2n) is 7.72. The number of imidazole rings is 1. The summed E-state index contributed by atoms with van der Waals surface area (Å²) in [7, 11) is 0. The monoisotopic (exact) mass is 435 g/mol. The van der Waals surface area contributed by atoms with Gasteiger partial charge in [0.15, 0.2) is 0 Å². The first-order valence-corrected chi connectivity index (χ1v) is 10.6. The number of rotatable bonds is 5. The average molecular weight is 436 g/mol. The lowest BCUT2D eigenvalue weighted by Crippen LogP contribution is -2.44. The predicted molar refractivity (Wildman–Crippen MR) is 122 cm³/mol. The number of nitrogens with zero attached hydrogens (tertiary/aromatic N) is 5. The Morgan fingerprint density at radius 2 is 1.91 bits per heavy atom. The Bertz CT molecular complexity index is 1130. The van der Waals surface area contributed by atoms with Crippen LogP contribution in [0, 0.1) is 12.7 Å². The highest BCUT2D eigenvalue weighted by molar-refractivity contribution is 5.79. The number of hydrogen-bond acceptors (Lipinski definition) is 5. The molecular formula is C23H26FN7O. The van der Waals surface area contributed by atoms with Crippen LogP contribution in [0.3, 0.4) is 0 Å². The van der Waals surface area contributed by atoms with Gasteiger partial charge in [0.1, 0.15) is 11.6 Å². The molecule has 1 aromatic carbocycles. The Morgan fingerprint density at radius 1 is 1.19 bits per heavy atom. The van der Waals surface area contributed by atoms with Crippen LogP contribution in [-0.2, 0) is 0 Å². The molecule has 2 amide bonds. The minimum absolute atomic E-state index is 0.152. The third kappa shape index (κ3) is 4.46. The summed E-state index contributed by atoms with van der Waals surface area (Å²) in [4.78, 5) is 26.9. The Kier molecular flexibility index (Phi) is 6.16. The van der Waals surface area contributed by atoms with E-state index in [0.29, 0.717) is 24.7 Å². The molecule has 1 aliphatic heterocycles. The molecule has 9 heteroatoms. The van der Waals surface area contributed by atoms with Crippen molar-refractivity contribution in [1.29, 1.82) is 0 Å². The lowest BCUT2D eigenvalue weighted by atomic mass is 10.1. The fourth-order valence-electron chi connectivity index (χ4n) is 3.92. The van der Waals surface area contributed by atoms with E-state index in [1.165, 1.54) is 12.1 Å². The number of halogens is 1. The largest absolute Gasteiger partial charge is 0.351 e. The molecule has 2 aromatic heterocycles. The Morgan fingerprint density at radius 3 is 2.56 bits per heavy atom. The van der Waals surface area contributed by atoms with E-state index in [-0.39, 0.29) is 17.9 Å². The maximum absolute atomic E-state index is 13.5. The minimum Gasteiger partial charge on any atom is -0.351 e. The molecule has 0 bridgehead atoms. The smallest absolute Gasteiger partial charge is 0.314 e. The van der Waals surface area contributed by atoms with Crippen molar-refractivity contribution >= 4 is 18.2 Å². The average Bonchev–Trinajstić information content (AvgIpc) is 3.11. The molecule has 1 fully saturated rings. The number of aromatic nitrogens is 4. The van der Waals surface area contributed by atoms with Crippen LogP contribution in [0.15, 0.2) is 42.6 Å². The molecule has 32 heavy (non-hydrogen) atoms. The second-order valence-corrected chi connectivity index (χ2v) is 7.72. The molecule has 166 valence electrons. The molecule has 0 spiro atoms. The number of anilines is 1. The van der Waals surface area contributed by atoms with Gasteiger partial charge in [0.05, 0.1) is 17.1 Å². The van der Waals surface area contributed by atoms with Crippen molar-refractivity contribution in [2.45, 2.75) is 32.7 Å². The van der Waals surface area contributed by atoms with E-state index in [9.17, 15) is 9.18 Å². The summed E-state index contributed by atoms with van der Waals surface area (Å²) >= 11 is 0. The maximum atomic E-state index is 13.5. The first kappa shape index (κ1) is 21.5. The van der Waals surface area contributed by atoms with Gasteiger partial charge in [-0.1, -0.05) is 6.08 Å². The summed E-state index contributed by atoms with van der Waals surface area (Å²) in [5, 5.41) is 3.38. The standard InChI is InChI=1S/C23H26FN7O/c1-3-12-31-15(2)27-20(16-4-6-17(24)7-5-16)21(31)19-8-11-26-23(29-19)28-18-9-13-30(14-10-18)22(25)32/h3-8,11-12,18H,9-10,13-14H2,1-2H3,(H2,25,32)(H,26,28,29)/b12-3-.